The lowest BCUT2D eigenvalue weighted by molar-refractivity contribution is -0.127. The first-order chi connectivity index (χ1) is 19.9. The van der Waals surface area contributed by atoms with Gasteiger partial charge in [0.2, 0.25) is 17.7 Å². The van der Waals surface area contributed by atoms with Gasteiger partial charge in [-0.15, -0.1) is 0 Å². The van der Waals surface area contributed by atoms with Gasteiger partial charge in [0.05, 0.1) is 25.4 Å². The Morgan fingerprint density at radius 1 is 0.902 bits per heavy atom. The Hall–Kier alpha value is -4.91. The number of rotatable bonds is 10. The van der Waals surface area contributed by atoms with E-state index in [0.29, 0.717) is 24.5 Å². The number of carbonyl (C=O) groups is 2. The number of fused-ring (bicyclic) bond motifs is 1. The monoisotopic (exact) mass is 546 g/mol. The fourth-order valence-electron chi connectivity index (χ4n) is 5.20. The average molecular weight is 547 g/mol. The molecule has 7 heteroatoms. The van der Waals surface area contributed by atoms with E-state index in [1.807, 2.05) is 60.7 Å². The molecule has 0 bridgehead atoms. The lowest BCUT2D eigenvalue weighted by Gasteiger charge is -2.25. The van der Waals surface area contributed by atoms with Gasteiger partial charge in [-0.2, -0.15) is 0 Å². The Kier molecular flexibility index (Phi) is 8.44. The summed E-state index contributed by atoms with van der Waals surface area (Å²) in [6.45, 7) is 2.77. The summed E-state index contributed by atoms with van der Waals surface area (Å²) >= 11 is 0. The second-order valence-electron chi connectivity index (χ2n) is 10.1. The molecule has 7 nitrogen and oxygen atoms in total. The summed E-state index contributed by atoms with van der Waals surface area (Å²) in [7, 11) is 3.24. The van der Waals surface area contributed by atoms with Crippen LogP contribution in [-0.2, 0) is 29.0 Å². The van der Waals surface area contributed by atoms with E-state index in [1.165, 1.54) is 10.5 Å². The van der Waals surface area contributed by atoms with E-state index in [4.69, 9.17) is 4.74 Å². The highest BCUT2D eigenvalue weighted by molar-refractivity contribution is 5.99. The quantitative estimate of drug-likeness (QED) is 0.257. The first-order valence-corrected chi connectivity index (χ1v) is 13.7. The van der Waals surface area contributed by atoms with Crippen LogP contribution in [0.1, 0.15) is 22.4 Å². The number of ether oxygens (including phenoxy) is 1. The van der Waals surface area contributed by atoms with Crippen molar-refractivity contribution in [1.82, 2.24) is 14.9 Å². The highest BCUT2D eigenvalue weighted by Gasteiger charge is 2.26. The predicted molar refractivity (Wildman–Crippen MR) is 162 cm³/mol. The zero-order valence-electron chi connectivity index (χ0n) is 23.6. The molecule has 0 saturated heterocycles. The molecule has 41 heavy (non-hydrogen) atoms. The number of benzene rings is 3. The van der Waals surface area contributed by atoms with Crippen LogP contribution in [0.25, 0.3) is 10.9 Å². The number of anilines is 1. The second-order valence-corrected chi connectivity index (χ2v) is 10.1. The van der Waals surface area contributed by atoms with E-state index in [-0.39, 0.29) is 18.2 Å². The third-order valence-electron chi connectivity index (χ3n) is 7.45. The van der Waals surface area contributed by atoms with Gasteiger partial charge in [-0.05, 0) is 35.7 Å². The third kappa shape index (κ3) is 6.30. The number of hydrogen-bond donors (Lipinski definition) is 1. The summed E-state index contributed by atoms with van der Waals surface area (Å²) in [4.78, 5) is 33.1. The van der Waals surface area contributed by atoms with Gasteiger partial charge in [-0.25, -0.2) is 4.98 Å². The summed E-state index contributed by atoms with van der Waals surface area (Å²) in [6, 6.07) is 30.9. The minimum atomic E-state index is -0.755. The van der Waals surface area contributed by atoms with Crippen molar-refractivity contribution in [2.45, 2.75) is 32.4 Å². The zero-order valence-corrected chi connectivity index (χ0v) is 23.6. The molecule has 5 aromatic rings. The van der Waals surface area contributed by atoms with Crippen LogP contribution in [0.2, 0.25) is 0 Å². The smallest absolute Gasteiger partial charge is 0.249 e. The number of nitrogens with one attached hydrogen (secondary N) is 1. The fourth-order valence-corrected chi connectivity index (χ4v) is 5.20. The summed E-state index contributed by atoms with van der Waals surface area (Å²) in [5.74, 6) is 0.0363. The van der Waals surface area contributed by atoms with Crippen molar-refractivity contribution >= 4 is 28.4 Å². The number of para-hydroxylation sites is 1. The zero-order chi connectivity index (χ0) is 28.8. The first-order valence-electron chi connectivity index (χ1n) is 13.7. The molecule has 2 heterocycles. The van der Waals surface area contributed by atoms with Gasteiger partial charge in [-0.1, -0.05) is 78.9 Å². The summed E-state index contributed by atoms with van der Waals surface area (Å²) in [6.07, 6.45) is 2.12. The Morgan fingerprint density at radius 3 is 2.22 bits per heavy atom. The lowest BCUT2D eigenvalue weighted by atomic mass is 10.0. The molecule has 0 aliphatic heterocycles. The van der Waals surface area contributed by atoms with Crippen molar-refractivity contribution in [2.75, 3.05) is 19.1 Å². The van der Waals surface area contributed by atoms with E-state index >= 15 is 0 Å². The standard InChI is InChI=1S/C34H34N4O3/c1-24-29(28-16-10-11-17-31(28)38(24)23-26-14-8-5-9-15-26)21-32(39)36-30(20-25-12-6-4-7-13-25)34(40)37(2)27-18-19-33(41-3)35-22-27/h4-19,22,30H,20-21,23H2,1-3H3,(H,36,39)/t30-/m0/s1. The van der Waals surface area contributed by atoms with E-state index in [9.17, 15) is 9.59 Å². The van der Waals surface area contributed by atoms with E-state index in [1.54, 1.807) is 32.5 Å². The molecule has 0 unspecified atom stereocenters. The van der Waals surface area contributed by atoms with Crippen molar-refractivity contribution in [3.63, 3.8) is 0 Å². The molecule has 208 valence electrons. The van der Waals surface area contributed by atoms with Gasteiger partial charge in [0.1, 0.15) is 6.04 Å². The van der Waals surface area contributed by atoms with Gasteiger partial charge in [0, 0.05) is 42.7 Å². The van der Waals surface area contributed by atoms with Crippen molar-refractivity contribution < 1.29 is 14.3 Å². The SMILES string of the molecule is COc1ccc(N(C)C(=O)[C@H](Cc2ccccc2)NC(=O)Cc2c(C)n(Cc3ccccc3)c3ccccc23)cn1. The van der Waals surface area contributed by atoms with Crippen molar-refractivity contribution in [2.24, 2.45) is 0 Å². The number of likely N-dealkylation sites (N-methyl/N-ethyl adjacent to an activating group) is 1. The van der Waals surface area contributed by atoms with Crippen LogP contribution < -0.4 is 15.0 Å². The van der Waals surface area contributed by atoms with Crippen LogP contribution in [0.3, 0.4) is 0 Å². The molecular weight excluding hydrogens is 512 g/mol. The largest absolute Gasteiger partial charge is 0.481 e. The Bertz CT molecular complexity index is 1630. The number of hydrogen-bond acceptors (Lipinski definition) is 4. The molecule has 0 aliphatic carbocycles. The number of carbonyl (C=O) groups excluding carboxylic acids is 2. The van der Waals surface area contributed by atoms with Gasteiger partial charge in [-0.3, -0.25) is 9.59 Å². The molecule has 0 aliphatic rings. The molecular formula is C34H34N4O3. The van der Waals surface area contributed by atoms with E-state index in [2.05, 4.69) is 46.1 Å². The molecule has 2 aromatic heterocycles. The second kappa shape index (κ2) is 12.5. The predicted octanol–water partition coefficient (Wildman–Crippen LogP) is 5.33. The lowest BCUT2D eigenvalue weighted by Crippen LogP contribution is -2.49. The summed E-state index contributed by atoms with van der Waals surface area (Å²) in [5, 5.41) is 4.10. The highest BCUT2D eigenvalue weighted by atomic mass is 16.5. The van der Waals surface area contributed by atoms with E-state index < -0.39 is 6.04 Å². The molecule has 0 radical (unpaired) electrons. The number of amides is 2. The van der Waals surface area contributed by atoms with Crippen LogP contribution in [0.5, 0.6) is 5.88 Å². The van der Waals surface area contributed by atoms with Crippen molar-refractivity contribution in [3.8, 4) is 5.88 Å². The van der Waals surface area contributed by atoms with Gasteiger partial charge in [0.15, 0.2) is 0 Å². The Labute approximate surface area is 240 Å². The molecule has 5 rings (SSSR count). The number of pyridine rings is 1. The van der Waals surface area contributed by atoms with Crippen LogP contribution >= 0.6 is 0 Å². The molecule has 0 spiro atoms. The summed E-state index contributed by atoms with van der Waals surface area (Å²) < 4.78 is 7.40. The minimum Gasteiger partial charge on any atom is -0.481 e. The molecule has 2 amide bonds. The fraction of sp³-hybridized carbons (Fsp3) is 0.206. The van der Waals surface area contributed by atoms with Gasteiger partial charge < -0.3 is 19.5 Å². The number of aromatic nitrogens is 2. The molecule has 1 N–H and O–H groups in total. The number of methoxy groups -OCH3 is 1. The average Bonchev–Trinajstić information content (AvgIpc) is 3.27. The molecule has 1 atom stereocenters. The minimum absolute atomic E-state index is 0.167. The van der Waals surface area contributed by atoms with Crippen LogP contribution in [0.15, 0.2) is 103 Å². The van der Waals surface area contributed by atoms with Crippen LogP contribution in [-0.4, -0.2) is 41.6 Å². The summed E-state index contributed by atoms with van der Waals surface area (Å²) in [5.41, 5.74) is 5.86. The van der Waals surface area contributed by atoms with Crippen molar-refractivity contribution in [1.29, 1.82) is 0 Å². The molecule has 3 aromatic carbocycles. The van der Waals surface area contributed by atoms with E-state index in [0.717, 1.165) is 27.7 Å². The Morgan fingerprint density at radius 2 is 1.56 bits per heavy atom. The molecule has 0 fully saturated rings. The maximum absolute atomic E-state index is 13.7. The van der Waals surface area contributed by atoms with Crippen LogP contribution in [0, 0.1) is 6.92 Å². The molecule has 0 saturated carbocycles. The van der Waals surface area contributed by atoms with Gasteiger partial charge in [0.25, 0.3) is 0 Å². The third-order valence-corrected chi connectivity index (χ3v) is 7.45. The maximum atomic E-state index is 13.7. The topological polar surface area (TPSA) is 76.5 Å². The normalized spacial score (nSPS) is 11.7. The van der Waals surface area contributed by atoms with Gasteiger partial charge >= 0.3 is 0 Å². The van der Waals surface area contributed by atoms with Crippen LogP contribution in [0.4, 0.5) is 5.69 Å². The van der Waals surface area contributed by atoms with Crippen molar-refractivity contribution in [3.05, 3.63) is 126 Å². The highest BCUT2D eigenvalue weighted by Crippen LogP contribution is 2.27. The maximum Gasteiger partial charge on any atom is 0.249 e. The number of nitrogens with zero attached hydrogens (tertiary/aromatic N) is 3. The Balaban J connectivity index is 1.40. The first kappa shape index (κ1) is 27.6.